The van der Waals surface area contributed by atoms with E-state index in [2.05, 4.69) is 15.5 Å². The van der Waals surface area contributed by atoms with Crippen molar-refractivity contribution < 1.29 is 22.5 Å². The third-order valence-corrected chi connectivity index (χ3v) is 4.41. The van der Waals surface area contributed by atoms with E-state index in [-0.39, 0.29) is 29.9 Å². The predicted octanol–water partition coefficient (Wildman–Crippen LogP) is 3.65. The fourth-order valence-electron chi connectivity index (χ4n) is 3.09. The number of amides is 2. The maximum absolute atomic E-state index is 13.9. The highest BCUT2D eigenvalue weighted by atomic mass is 19.1. The third kappa shape index (κ3) is 3.53. The molecule has 1 N–H and O–H groups in total. The molecule has 1 saturated heterocycles. The monoisotopic (exact) mass is 374 g/mol. The summed E-state index contributed by atoms with van der Waals surface area (Å²) < 4.78 is 37.4. The molecule has 1 aliphatic rings. The Hall–Kier alpha value is -3.23. The molecule has 0 spiro atoms. The number of aromatic nitrogens is 2. The lowest BCUT2D eigenvalue weighted by Gasteiger charge is -2.21. The summed E-state index contributed by atoms with van der Waals surface area (Å²) in [4.78, 5) is 18.3. The molecular formula is C18H16F2N4O3. The molecular weight excluding hydrogens is 358 g/mol. The molecule has 1 fully saturated rings. The zero-order valence-electron chi connectivity index (χ0n) is 14.2. The maximum Gasteiger partial charge on any atom is 0.318 e. The normalized spacial score (nSPS) is 16.7. The summed E-state index contributed by atoms with van der Waals surface area (Å²) in [6, 6.07) is 5.97. The Labute approximate surface area is 153 Å². The second-order valence-electron chi connectivity index (χ2n) is 6.17. The summed E-state index contributed by atoms with van der Waals surface area (Å²) in [7, 11) is 0. The van der Waals surface area contributed by atoms with E-state index >= 15 is 0 Å². The van der Waals surface area contributed by atoms with E-state index in [0.29, 0.717) is 18.7 Å². The number of nitrogens with one attached hydrogen (secondary N) is 1. The van der Waals surface area contributed by atoms with E-state index in [1.54, 1.807) is 17.0 Å². The Kier molecular flexibility index (Phi) is 4.57. The van der Waals surface area contributed by atoms with Gasteiger partial charge in [-0.3, -0.25) is 0 Å². The van der Waals surface area contributed by atoms with Crippen LogP contribution in [0.15, 0.2) is 45.5 Å². The number of benzene rings is 1. The van der Waals surface area contributed by atoms with Crippen LogP contribution < -0.4 is 5.32 Å². The Morgan fingerprint density at radius 3 is 3.00 bits per heavy atom. The van der Waals surface area contributed by atoms with Crippen LogP contribution in [0.25, 0.3) is 11.4 Å². The average molecular weight is 374 g/mol. The number of carbonyl (C=O) groups excluding carboxylic acids is 1. The van der Waals surface area contributed by atoms with Gasteiger partial charge in [0.2, 0.25) is 11.7 Å². The first kappa shape index (κ1) is 17.2. The molecule has 140 valence electrons. The first-order valence-electron chi connectivity index (χ1n) is 8.47. The molecule has 1 unspecified atom stereocenters. The molecule has 1 atom stereocenters. The Morgan fingerprint density at radius 2 is 2.22 bits per heavy atom. The van der Waals surface area contributed by atoms with Crippen LogP contribution >= 0.6 is 0 Å². The molecule has 2 amide bonds. The Bertz CT molecular complexity index is 942. The molecule has 0 bridgehead atoms. The van der Waals surface area contributed by atoms with Crippen molar-refractivity contribution in [3.05, 3.63) is 59.9 Å². The van der Waals surface area contributed by atoms with Gasteiger partial charge in [0.05, 0.1) is 18.4 Å². The van der Waals surface area contributed by atoms with Crippen molar-refractivity contribution in [1.29, 1.82) is 0 Å². The minimum absolute atomic E-state index is 0.0188. The highest BCUT2D eigenvalue weighted by Gasteiger charge is 2.34. The lowest BCUT2D eigenvalue weighted by Crippen LogP contribution is -2.39. The van der Waals surface area contributed by atoms with Crippen molar-refractivity contribution in [3.8, 4) is 11.4 Å². The number of furan rings is 1. The second-order valence-corrected chi connectivity index (χ2v) is 6.17. The number of halogens is 2. The molecule has 0 radical (unpaired) electrons. The lowest BCUT2D eigenvalue weighted by atomic mass is 10.2. The van der Waals surface area contributed by atoms with Gasteiger partial charge in [0.15, 0.2) is 0 Å². The number of likely N-dealkylation sites (tertiary alicyclic amines) is 1. The van der Waals surface area contributed by atoms with Gasteiger partial charge in [-0.05, 0) is 37.1 Å². The standard InChI is InChI=1S/C18H16F2N4O3/c19-11-5-6-13(14(20)9-11)16-22-17(27-23-16)15-4-1-7-24(15)18(25)21-10-12-3-2-8-26-12/h2-3,5-6,8-9,15H,1,4,7,10H2,(H,21,25). The number of carbonyl (C=O) groups is 1. The predicted molar refractivity (Wildman–Crippen MR) is 89.3 cm³/mol. The van der Waals surface area contributed by atoms with E-state index < -0.39 is 17.7 Å². The Balaban J connectivity index is 1.49. The highest BCUT2D eigenvalue weighted by Crippen LogP contribution is 2.32. The largest absolute Gasteiger partial charge is 0.467 e. The van der Waals surface area contributed by atoms with Crippen molar-refractivity contribution >= 4 is 6.03 Å². The molecule has 9 heteroatoms. The number of hydrogen-bond donors (Lipinski definition) is 1. The SMILES string of the molecule is O=C(NCc1ccco1)N1CCCC1c1nc(-c2ccc(F)cc2F)no1. The summed E-state index contributed by atoms with van der Waals surface area (Å²) in [6.45, 7) is 0.808. The van der Waals surface area contributed by atoms with Crippen molar-refractivity contribution in [2.24, 2.45) is 0 Å². The van der Waals surface area contributed by atoms with Crippen LogP contribution in [-0.2, 0) is 6.54 Å². The van der Waals surface area contributed by atoms with Crippen LogP contribution in [0.2, 0.25) is 0 Å². The molecule has 7 nitrogen and oxygen atoms in total. The summed E-state index contributed by atoms with van der Waals surface area (Å²) in [5.41, 5.74) is 0.0400. The molecule has 0 saturated carbocycles. The number of rotatable bonds is 4. The first-order chi connectivity index (χ1) is 13.1. The zero-order valence-corrected chi connectivity index (χ0v) is 14.2. The van der Waals surface area contributed by atoms with Gasteiger partial charge in [0, 0.05) is 12.6 Å². The van der Waals surface area contributed by atoms with Gasteiger partial charge in [-0.15, -0.1) is 0 Å². The molecule has 3 aromatic rings. The smallest absolute Gasteiger partial charge is 0.318 e. The van der Waals surface area contributed by atoms with Crippen LogP contribution in [0, 0.1) is 11.6 Å². The third-order valence-electron chi connectivity index (χ3n) is 4.41. The average Bonchev–Trinajstić information content (AvgIpc) is 3.39. The van der Waals surface area contributed by atoms with Crippen LogP contribution in [-0.4, -0.2) is 27.6 Å². The molecule has 1 aliphatic heterocycles. The van der Waals surface area contributed by atoms with Crippen molar-refractivity contribution in [2.75, 3.05) is 6.54 Å². The minimum atomic E-state index is -0.776. The van der Waals surface area contributed by atoms with Crippen LogP contribution in [0.3, 0.4) is 0 Å². The van der Waals surface area contributed by atoms with E-state index in [4.69, 9.17) is 8.94 Å². The van der Waals surface area contributed by atoms with Crippen LogP contribution in [0.4, 0.5) is 13.6 Å². The number of urea groups is 1. The quantitative estimate of drug-likeness (QED) is 0.753. The van der Waals surface area contributed by atoms with Crippen molar-refractivity contribution in [1.82, 2.24) is 20.4 Å². The van der Waals surface area contributed by atoms with E-state index in [0.717, 1.165) is 18.6 Å². The Morgan fingerprint density at radius 1 is 1.33 bits per heavy atom. The van der Waals surface area contributed by atoms with E-state index in [9.17, 15) is 13.6 Å². The molecule has 0 aliphatic carbocycles. The van der Waals surface area contributed by atoms with Gasteiger partial charge in [-0.2, -0.15) is 4.98 Å². The highest BCUT2D eigenvalue weighted by molar-refractivity contribution is 5.74. The van der Waals surface area contributed by atoms with E-state index in [1.807, 2.05) is 0 Å². The van der Waals surface area contributed by atoms with Gasteiger partial charge in [0.25, 0.3) is 0 Å². The minimum Gasteiger partial charge on any atom is -0.467 e. The molecule has 27 heavy (non-hydrogen) atoms. The topological polar surface area (TPSA) is 84.4 Å². The van der Waals surface area contributed by atoms with Gasteiger partial charge >= 0.3 is 6.03 Å². The summed E-state index contributed by atoms with van der Waals surface area (Å²) >= 11 is 0. The summed E-state index contributed by atoms with van der Waals surface area (Å²) in [5.74, 6) is -0.576. The molecule has 1 aromatic carbocycles. The van der Waals surface area contributed by atoms with Gasteiger partial charge in [-0.25, -0.2) is 13.6 Å². The van der Waals surface area contributed by atoms with Crippen molar-refractivity contribution in [2.45, 2.75) is 25.4 Å². The maximum atomic E-state index is 13.9. The molecule has 4 rings (SSSR count). The summed E-state index contributed by atoms with van der Waals surface area (Å²) in [5, 5.41) is 6.56. The van der Waals surface area contributed by atoms with E-state index in [1.165, 1.54) is 12.3 Å². The molecule has 3 heterocycles. The van der Waals surface area contributed by atoms with Gasteiger partial charge in [0.1, 0.15) is 23.4 Å². The van der Waals surface area contributed by atoms with Crippen LogP contribution in [0.5, 0.6) is 0 Å². The number of hydrogen-bond acceptors (Lipinski definition) is 5. The first-order valence-corrected chi connectivity index (χ1v) is 8.47. The second kappa shape index (κ2) is 7.18. The van der Waals surface area contributed by atoms with Gasteiger partial charge in [-0.1, -0.05) is 5.16 Å². The number of nitrogens with zero attached hydrogens (tertiary/aromatic N) is 3. The zero-order chi connectivity index (χ0) is 18.8. The van der Waals surface area contributed by atoms with Crippen LogP contribution in [0.1, 0.15) is 30.5 Å². The molecule has 2 aromatic heterocycles. The van der Waals surface area contributed by atoms with Gasteiger partial charge < -0.3 is 19.2 Å². The fraction of sp³-hybridized carbons (Fsp3) is 0.278. The summed E-state index contributed by atoms with van der Waals surface area (Å²) in [6.07, 6.45) is 2.97. The van der Waals surface area contributed by atoms with Crippen molar-refractivity contribution in [3.63, 3.8) is 0 Å². The fourth-order valence-corrected chi connectivity index (χ4v) is 3.09. The lowest BCUT2D eigenvalue weighted by molar-refractivity contribution is 0.179.